The van der Waals surface area contributed by atoms with Crippen LogP contribution in [0.1, 0.15) is 82.0 Å². The van der Waals surface area contributed by atoms with E-state index in [1.54, 1.807) is 4.90 Å². The molecule has 1 amide bonds. The van der Waals surface area contributed by atoms with Gasteiger partial charge in [0, 0.05) is 49.9 Å². The molecule has 1 aliphatic carbocycles. The molecule has 4 rings (SSSR count). The zero-order chi connectivity index (χ0) is 31.1. The van der Waals surface area contributed by atoms with Crippen LogP contribution in [0.15, 0.2) is 12.3 Å². The van der Waals surface area contributed by atoms with Crippen LogP contribution in [0.3, 0.4) is 0 Å². The molecular weight excluding hydrogens is 562 g/mol. The Bertz CT molecular complexity index is 1160. The number of carbonyl (C=O) groups is 2. The lowest BCUT2D eigenvalue weighted by atomic mass is 9.95. The van der Waals surface area contributed by atoms with Gasteiger partial charge in [0.15, 0.2) is 0 Å². The molecule has 1 aliphatic heterocycles. The highest BCUT2D eigenvalue weighted by atomic mass is 16.4. The molecule has 1 saturated heterocycles. The fourth-order valence-corrected chi connectivity index (χ4v) is 5.78. The van der Waals surface area contributed by atoms with Crippen LogP contribution in [0.2, 0.25) is 0 Å². The summed E-state index contributed by atoms with van der Waals surface area (Å²) in [4.78, 5) is 34.3. The summed E-state index contributed by atoms with van der Waals surface area (Å²) < 4.78 is 1.88. The van der Waals surface area contributed by atoms with Gasteiger partial charge in [0.2, 0.25) is 11.9 Å². The lowest BCUT2D eigenvalue weighted by Gasteiger charge is -2.33. The number of nitrogens with two attached hydrogens (primary N) is 1. The number of carboxylic acids is 1. The van der Waals surface area contributed by atoms with Crippen LogP contribution in [0.5, 0.6) is 0 Å². The van der Waals surface area contributed by atoms with E-state index in [1.807, 2.05) is 23.9 Å². The minimum atomic E-state index is -1.08. The third-order valence-corrected chi connectivity index (χ3v) is 8.36. The molecule has 3 heterocycles. The number of hydrogen-bond donors (Lipinski definition) is 6. The third-order valence-electron chi connectivity index (χ3n) is 8.36. The zero-order valence-electron chi connectivity index (χ0n) is 26.1. The van der Waals surface area contributed by atoms with E-state index in [2.05, 4.69) is 41.5 Å². The third kappa shape index (κ3) is 11.6. The summed E-state index contributed by atoms with van der Waals surface area (Å²) in [6.45, 7) is 7.52. The number of aryl methyl sites for hydroxylation is 2. The molecule has 0 bridgehead atoms. The monoisotopic (exact) mass is 613 g/mol. The smallest absolute Gasteiger partial charge is 0.320 e. The van der Waals surface area contributed by atoms with Crippen LogP contribution in [0, 0.1) is 6.92 Å². The van der Waals surface area contributed by atoms with Crippen molar-refractivity contribution in [1.29, 1.82) is 0 Å². The van der Waals surface area contributed by atoms with E-state index in [9.17, 15) is 9.59 Å². The number of carbonyl (C=O) groups excluding carboxylic acids is 1. The Morgan fingerprint density at radius 3 is 2.59 bits per heavy atom. The molecule has 2 fully saturated rings. The van der Waals surface area contributed by atoms with Crippen molar-refractivity contribution < 1.29 is 14.7 Å². The molecule has 0 radical (unpaired) electrons. The predicted octanol–water partition coefficient (Wildman–Crippen LogP) is 1.88. The molecule has 244 valence electrons. The number of piperidine rings is 1. The normalized spacial score (nSPS) is 17.0. The predicted molar refractivity (Wildman–Crippen MR) is 169 cm³/mol. The first-order chi connectivity index (χ1) is 21.4. The quantitative estimate of drug-likeness (QED) is 0.134. The van der Waals surface area contributed by atoms with Gasteiger partial charge in [-0.2, -0.15) is 4.98 Å². The van der Waals surface area contributed by atoms with Gasteiger partial charge in [-0.1, -0.05) is 24.5 Å². The van der Waals surface area contributed by atoms with Gasteiger partial charge >= 0.3 is 5.97 Å². The van der Waals surface area contributed by atoms with Crippen molar-refractivity contribution in [3.05, 3.63) is 23.7 Å². The molecule has 1 atom stereocenters. The molecule has 14 nitrogen and oxygen atoms in total. The first-order valence-electron chi connectivity index (χ1n) is 16.3. The summed E-state index contributed by atoms with van der Waals surface area (Å²) in [7, 11) is 0. The van der Waals surface area contributed by atoms with E-state index < -0.39 is 12.0 Å². The highest BCUT2D eigenvalue weighted by Gasteiger charge is 2.24. The van der Waals surface area contributed by atoms with Gasteiger partial charge in [-0.05, 0) is 71.5 Å². The number of likely N-dealkylation sites (tertiary alicyclic amines) is 1. The van der Waals surface area contributed by atoms with Crippen LogP contribution < -0.4 is 27.0 Å². The molecular formula is C30H51N11O3. The van der Waals surface area contributed by atoms with E-state index in [0.29, 0.717) is 25.6 Å². The van der Waals surface area contributed by atoms with Crippen molar-refractivity contribution in [3.63, 3.8) is 0 Å². The minimum Gasteiger partial charge on any atom is -0.480 e. The first-order valence-corrected chi connectivity index (χ1v) is 16.3. The van der Waals surface area contributed by atoms with Crippen molar-refractivity contribution >= 4 is 23.6 Å². The highest BCUT2D eigenvalue weighted by Crippen LogP contribution is 2.19. The Balaban J connectivity index is 1.10. The van der Waals surface area contributed by atoms with Crippen LogP contribution >= 0.6 is 0 Å². The lowest BCUT2D eigenvalue weighted by molar-refractivity contribution is -0.139. The first kappa shape index (κ1) is 33.5. The van der Waals surface area contributed by atoms with Gasteiger partial charge < -0.3 is 37.0 Å². The van der Waals surface area contributed by atoms with E-state index in [-0.39, 0.29) is 24.8 Å². The van der Waals surface area contributed by atoms with E-state index in [4.69, 9.17) is 10.8 Å². The molecule has 2 aromatic rings. The van der Waals surface area contributed by atoms with E-state index in [1.165, 1.54) is 32.1 Å². The van der Waals surface area contributed by atoms with Crippen molar-refractivity contribution in [2.24, 2.45) is 5.73 Å². The number of anilines is 2. The number of hydrogen-bond acceptors (Lipinski definition) is 11. The molecule has 7 N–H and O–H groups in total. The van der Waals surface area contributed by atoms with Gasteiger partial charge in [0.05, 0.1) is 12.7 Å². The second kappa shape index (κ2) is 17.8. The number of rotatable bonds is 18. The molecule has 2 aliphatic rings. The fraction of sp³-hybridized carbons (Fsp3) is 0.733. The molecule has 14 heteroatoms. The minimum absolute atomic E-state index is 0.0499. The maximum absolute atomic E-state index is 12.4. The highest BCUT2D eigenvalue weighted by molar-refractivity contribution is 5.78. The van der Waals surface area contributed by atoms with Gasteiger partial charge in [0.1, 0.15) is 17.6 Å². The van der Waals surface area contributed by atoms with Gasteiger partial charge in [-0.3, -0.25) is 14.3 Å². The van der Waals surface area contributed by atoms with Crippen LogP contribution in [-0.4, -0.2) is 97.7 Å². The molecule has 1 unspecified atom stereocenters. The Kier molecular flexibility index (Phi) is 13.6. The maximum Gasteiger partial charge on any atom is 0.320 e. The molecule has 44 heavy (non-hydrogen) atoms. The van der Waals surface area contributed by atoms with Crippen LogP contribution in [0.25, 0.3) is 0 Å². The number of aromatic nitrogens is 5. The summed E-state index contributed by atoms with van der Waals surface area (Å²) in [5.74, 6) is 0.124. The standard InChI is InChI=1S/C30H51N11O3/c1-22-19-27(36-24-11-17-40(18-12-24)28(42)10-9-26(31)29(43)44)37-30(35-22)34-20-25-21-41(39-38-25)16-6-14-32-13-5-15-33-23-7-3-2-4-8-23/h19,21,23-24,26,32-33H,2-18,20,31H2,1H3,(H,43,44)(H2,34,35,36,37). The Hall–Kier alpha value is -3.36. The average molecular weight is 614 g/mol. The summed E-state index contributed by atoms with van der Waals surface area (Å²) in [5.41, 5.74) is 7.20. The second-order valence-corrected chi connectivity index (χ2v) is 12.1. The van der Waals surface area contributed by atoms with Crippen molar-refractivity contribution in [3.8, 4) is 0 Å². The van der Waals surface area contributed by atoms with Gasteiger partial charge in [-0.25, -0.2) is 4.98 Å². The van der Waals surface area contributed by atoms with Crippen molar-refractivity contribution in [1.82, 2.24) is 40.5 Å². The largest absolute Gasteiger partial charge is 0.480 e. The van der Waals surface area contributed by atoms with Crippen LogP contribution in [-0.2, 0) is 22.7 Å². The Labute approximate surface area is 260 Å². The van der Waals surface area contributed by atoms with Crippen LogP contribution in [0.4, 0.5) is 11.8 Å². The number of carboxylic acid groups (broad SMARTS) is 1. The average Bonchev–Trinajstić information content (AvgIpc) is 3.48. The van der Waals surface area contributed by atoms with Gasteiger partial charge in [0.25, 0.3) is 0 Å². The summed E-state index contributed by atoms with van der Waals surface area (Å²) in [6.07, 6.45) is 12.8. The molecule has 0 aromatic carbocycles. The van der Waals surface area contributed by atoms with Gasteiger partial charge in [-0.15, -0.1) is 5.10 Å². The zero-order valence-corrected chi connectivity index (χ0v) is 26.1. The van der Waals surface area contributed by atoms with E-state index in [0.717, 1.165) is 75.1 Å². The fourth-order valence-electron chi connectivity index (χ4n) is 5.78. The maximum atomic E-state index is 12.4. The number of nitrogens with one attached hydrogen (secondary N) is 4. The summed E-state index contributed by atoms with van der Waals surface area (Å²) in [6, 6.07) is 1.81. The topological polar surface area (TPSA) is 188 Å². The van der Waals surface area contributed by atoms with Crippen molar-refractivity contribution in [2.75, 3.05) is 43.4 Å². The molecule has 2 aromatic heterocycles. The number of nitrogens with zero attached hydrogens (tertiary/aromatic N) is 6. The Morgan fingerprint density at radius 2 is 1.82 bits per heavy atom. The summed E-state index contributed by atoms with van der Waals surface area (Å²) in [5, 5.41) is 31.4. The Morgan fingerprint density at radius 1 is 1.05 bits per heavy atom. The molecule has 0 spiro atoms. The number of aliphatic carboxylic acids is 1. The molecule has 1 saturated carbocycles. The SMILES string of the molecule is Cc1cc(NC2CCN(C(=O)CCC(N)C(=O)O)CC2)nc(NCc2cn(CCCNCCCNC3CCCCC3)nn2)n1. The van der Waals surface area contributed by atoms with E-state index >= 15 is 0 Å². The lowest BCUT2D eigenvalue weighted by Crippen LogP contribution is -2.43. The second-order valence-electron chi connectivity index (χ2n) is 12.1. The summed E-state index contributed by atoms with van der Waals surface area (Å²) >= 11 is 0. The number of amides is 1. The van der Waals surface area contributed by atoms with Crippen molar-refractivity contribution in [2.45, 2.75) is 109 Å².